The molecule has 112 valence electrons. The lowest BCUT2D eigenvalue weighted by Gasteiger charge is -2.25. The third-order valence-corrected chi connectivity index (χ3v) is 3.01. The maximum atomic E-state index is 12.7. The van der Waals surface area contributed by atoms with Crippen LogP contribution >= 0.6 is 0 Å². The van der Waals surface area contributed by atoms with Crippen molar-refractivity contribution in [2.75, 3.05) is 23.3 Å². The van der Waals surface area contributed by atoms with Gasteiger partial charge in [-0.1, -0.05) is 6.92 Å². The number of aryl methyl sites for hydroxylation is 1. The second kappa shape index (κ2) is 5.85. The van der Waals surface area contributed by atoms with Gasteiger partial charge in [-0.25, -0.2) is 9.97 Å². The van der Waals surface area contributed by atoms with Crippen LogP contribution in [0.5, 0.6) is 0 Å². The zero-order valence-corrected chi connectivity index (χ0v) is 11.7. The molecular weight excluding hydrogens is 269 g/mol. The molecule has 1 aliphatic carbocycles. The van der Waals surface area contributed by atoms with Gasteiger partial charge in [0.2, 0.25) is 0 Å². The van der Waals surface area contributed by atoms with Crippen LogP contribution < -0.4 is 10.2 Å². The molecule has 1 aromatic heterocycles. The number of alkyl halides is 3. The quantitative estimate of drug-likeness (QED) is 0.873. The van der Waals surface area contributed by atoms with Gasteiger partial charge in [0, 0.05) is 18.7 Å². The molecule has 1 saturated carbocycles. The summed E-state index contributed by atoms with van der Waals surface area (Å²) in [6, 6.07) is 1.55. The predicted molar refractivity (Wildman–Crippen MR) is 72.0 cm³/mol. The van der Waals surface area contributed by atoms with Crippen LogP contribution in [0.4, 0.5) is 24.8 Å². The van der Waals surface area contributed by atoms with Crippen molar-refractivity contribution in [2.45, 2.75) is 45.3 Å². The monoisotopic (exact) mass is 288 g/mol. The fraction of sp³-hybridized carbons (Fsp3) is 0.692. The number of nitrogens with zero attached hydrogens (tertiary/aromatic N) is 3. The first kappa shape index (κ1) is 14.9. The minimum Gasteiger partial charge on any atom is -0.370 e. The fourth-order valence-electron chi connectivity index (χ4n) is 2.02. The molecule has 0 spiro atoms. The number of hydrogen-bond acceptors (Lipinski definition) is 4. The average Bonchev–Trinajstić information content (AvgIpc) is 3.16. The summed E-state index contributed by atoms with van der Waals surface area (Å²) in [5.41, 5.74) is 0. The highest BCUT2D eigenvalue weighted by Gasteiger charge is 2.39. The van der Waals surface area contributed by atoms with Crippen LogP contribution in [-0.4, -0.2) is 35.3 Å². The highest BCUT2D eigenvalue weighted by molar-refractivity contribution is 5.51. The van der Waals surface area contributed by atoms with E-state index in [9.17, 15) is 13.2 Å². The SMILES string of the molecule is CCCNc1cc(N(CC(F)(F)F)C2CC2)nc(C)n1. The van der Waals surface area contributed by atoms with Crippen molar-refractivity contribution in [2.24, 2.45) is 0 Å². The summed E-state index contributed by atoms with van der Waals surface area (Å²) >= 11 is 0. The summed E-state index contributed by atoms with van der Waals surface area (Å²) in [6.07, 6.45) is -1.72. The maximum absolute atomic E-state index is 12.7. The van der Waals surface area contributed by atoms with Crippen LogP contribution in [0.3, 0.4) is 0 Å². The van der Waals surface area contributed by atoms with E-state index in [0.717, 1.165) is 25.8 Å². The average molecular weight is 288 g/mol. The number of hydrogen-bond donors (Lipinski definition) is 1. The van der Waals surface area contributed by atoms with Crippen LogP contribution in [0, 0.1) is 6.92 Å². The highest BCUT2D eigenvalue weighted by atomic mass is 19.4. The molecule has 0 atom stereocenters. The van der Waals surface area contributed by atoms with Crippen molar-refractivity contribution in [1.82, 2.24) is 9.97 Å². The van der Waals surface area contributed by atoms with E-state index in [1.165, 1.54) is 4.90 Å². The van der Waals surface area contributed by atoms with Crippen LogP contribution in [-0.2, 0) is 0 Å². The lowest BCUT2D eigenvalue weighted by molar-refractivity contribution is -0.120. The van der Waals surface area contributed by atoms with E-state index in [-0.39, 0.29) is 6.04 Å². The van der Waals surface area contributed by atoms with Gasteiger partial charge < -0.3 is 10.2 Å². The molecule has 4 nitrogen and oxygen atoms in total. The van der Waals surface area contributed by atoms with Crippen LogP contribution in [0.2, 0.25) is 0 Å². The zero-order chi connectivity index (χ0) is 14.8. The lowest BCUT2D eigenvalue weighted by atomic mass is 10.4. The van der Waals surface area contributed by atoms with Gasteiger partial charge in [0.15, 0.2) is 0 Å². The Morgan fingerprint density at radius 2 is 2.05 bits per heavy atom. The van der Waals surface area contributed by atoms with Crippen molar-refractivity contribution >= 4 is 11.6 Å². The first-order chi connectivity index (χ1) is 9.39. The van der Waals surface area contributed by atoms with Crippen molar-refractivity contribution in [3.63, 3.8) is 0 Å². The summed E-state index contributed by atoms with van der Waals surface area (Å²) in [5.74, 6) is 1.42. The molecule has 0 amide bonds. The Balaban J connectivity index is 2.21. The number of aromatic nitrogens is 2. The lowest BCUT2D eigenvalue weighted by Crippen LogP contribution is -2.36. The van der Waals surface area contributed by atoms with E-state index in [4.69, 9.17) is 0 Å². The topological polar surface area (TPSA) is 41.0 Å². The molecule has 1 aliphatic rings. The minimum atomic E-state index is -4.22. The molecule has 7 heteroatoms. The van der Waals surface area contributed by atoms with E-state index < -0.39 is 12.7 Å². The largest absolute Gasteiger partial charge is 0.405 e. The molecule has 1 aromatic rings. The van der Waals surface area contributed by atoms with Gasteiger partial charge >= 0.3 is 6.18 Å². The van der Waals surface area contributed by atoms with E-state index >= 15 is 0 Å². The van der Waals surface area contributed by atoms with E-state index in [1.54, 1.807) is 13.0 Å². The first-order valence-electron chi connectivity index (χ1n) is 6.82. The Kier molecular flexibility index (Phi) is 4.35. The Hall–Kier alpha value is -1.53. The number of nitrogens with one attached hydrogen (secondary N) is 1. The van der Waals surface area contributed by atoms with Gasteiger partial charge in [-0.15, -0.1) is 0 Å². The van der Waals surface area contributed by atoms with Crippen molar-refractivity contribution in [3.05, 3.63) is 11.9 Å². The fourth-order valence-corrected chi connectivity index (χ4v) is 2.02. The second-order valence-corrected chi connectivity index (χ2v) is 5.06. The molecule has 0 aromatic carbocycles. The van der Waals surface area contributed by atoms with Crippen LogP contribution in [0.1, 0.15) is 32.0 Å². The smallest absolute Gasteiger partial charge is 0.370 e. The minimum absolute atomic E-state index is 0.0510. The number of rotatable bonds is 6. The standard InChI is InChI=1S/C13H19F3N4/c1-3-6-17-11-7-12(19-9(2)18-11)20(10-4-5-10)8-13(14,15)16/h7,10H,3-6,8H2,1-2H3,(H,17,18,19). The van der Waals surface area contributed by atoms with E-state index in [2.05, 4.69) is 15.3 Å². The maximum Gasteiger partial charge on any atom is 0.405 e. The summed E-state index contributed by atoms with van der Waals surface area (Å²) in [7, 11) is 0. The highest BCUT2D eigenvalue weighted by Crippen LogP contribution is 2.34. The van der Waals surface area contributed by atoms with Gasteiger partial charge in [-0.2, -0.15) is 13.2 Å². The van der Waals surface area contributed by atoms with Gasteiger partial charge in [-0.3, -0.25) is 0 Å². The van der Waals surface area contributed by atoms with Crippen LogP contribution in [0.25, 0.3) is 0 Å². The molecule has 0 saturated heterocycles. The molecule has 0 aliphatic heterocycles. The molecule has 1 fully saturated rings. The molecule has 1 heterocycles. The first-order valence-corrected chi connectivity index (χ1v) is 6.82. The number of halogens is 3. The third kappa shape index (κ3) is 4.25. The molecule has 1 N–H and O–H groups in total. The predicted octanol–water partition coefficient (Wildman–Crippen LogP) is 3.14. The van der Waals surface area contributed by atoms with Gasteiger partial charge in [0.05, 0.1) is 0 Å². The Labute approximate surface area is 116 Å². The van der Waals surface area contributed by atoms with Gasteiger partial charge in [-0.05, 0) is 26.2 Å². The van der Waals surface area contributed by atoms with Crippen LogP contribution in [0.15, 0.2) is 6.07 Å². The molecule has 2 rings (SSSR count). The zero-order valence-electron chi connectivity index (χ0n) is 11.7. The third-order valence-electron chi connectivity index (χ3n) is 3.01. The van der Waals surface area contributed by atoms with Crippen molar-refractivity contribution < 1.29 is 13.2 Å². The molecule has 0 radical (unpaired) electrons. The van der Waals surface area contributed by atoms with Gasteiger partial charge in [0.1, 0.15) is 24.0 Å². The normalized spacial score (nSPS) is 15.2. The van der Waals surface area contributed by atoms with E-state index in [1.807, 2.05) is 6.92 Å². The summed E-state index contributed by atoms with van der Waals surface area (Å²) in [5, 5.41) is 3.09. The van der Waals surface area contributed by atoms with Crippen molar-refractivity contribution in [3.8, 4) is 0 Å². The van der Waals surface area contributed by atoms with Gasteiger partial charge in [0.25, 0.3) is 0 Å². The summed E-state index contributed by atoms with van der Waals surface area (Å²) < 4.78 is 38.0. The summed E-state index contributed by atoms with van der Waals surface area (Å²) in [6.45, 7) is 3.49. The number of anilines is 2. The molecular formula is C13H19F3N4. The molecule has 0 unspecified atom stereocenters. The second-order valence-electron chi connectivity index (χ2n) is 5.06. The summed E-state index contributed by atoms with van der Waals surface area (Å²) in [4.78, 5) is 9.70. The Morgan fingerprint density at radius 3 is 2.60 bits per heavy atom. The van der Waals surface area contributed by atoms with E-state index in [0.29, 0.717) is 17.5 Å². The Bertz CT molecular complexity index is 457. The molecule has 20 heavy (non-hydrogen) atoms. The molecule has 0 bridgehead atoms. The van der Waals surface area contributed by atoms with Crippen molar-refractivity contribution in [1.29, 1.82) is 0 Å². The Morgan fingerprint density at radius 1 is 1.35 bits per heavy atom.